The first-order valence-corrected chi connectivity index (χ1v) is 3.31. The first-order valence-electron chi connectivity index (χ1n) is 0.604. The molecule has 0 rings (SSSR count). The van der Waals surface area contributed by atoms with Crippen LogP contribution < -0.4 is 0 Å². The Balaban J connectivity index is 0. The summed E-state index contributed by atoms with van der Waals surface area (Å²) < 4.78 is 0. The van der Waals surface area contributed by atoms with Crippen molar-refractivity contribution in [2.75, 3.05) is 0 Å². The average Bonchev–Trinajstić information content (AvgIpc) is 0.918. The summed E-state index contributed by atoms with van der Waals surface area (Å²) in [5.41, 5.74) is 0. The van der Waals surface area contributed by atoms with Crippen molar-refractivity contribution in [2.24, 2.45) is 0 Å². The molecular weight excluding hydrogens is 119 g/mol. The molecule has 0 spiro atoms. The molecule has 6 radical (unpaired) electrons. The molecule has 0 amide bonds. The van der Waals surface area contributed by atoms with Gasteiger partial charge in [0.1, 0.15) is 0 Å². The Hall–Kier alpha value is 1.02. The molecule has 0 aromatic heterocycles. The van der Waals surface area contributed by atoms with Gasteiger partial charge in [-0.05, 0) is 9.76 Å². The minimum Gasteiger partial charge on any atom is -0.353 e. The number of hydrogen-bond donors (Lipinski definition) is 0. The SMILES string of the molecule is [CH2-][Si][Si].[V]. The molecule has 0 aliphatic rings. The van der Waals surface area contributed by atoms with Crippen molar-refractivity contribution in [2.45, 2.75) is 0 Å². The minimum atomic E-state index is 0. The first kappa shape index (κ1) is 8.89. The second-order valence-corrected chi connectivity index (χ2v) is 1.59. The van der Waals surface area contributed by atoms with Crippen LogP contribution in [0.1, 0.15) is 0 Å². The van der Waals surface area contributed by atoms with Gasteiger partial charge in [-0.1, -0.05) is 0 Å². The monoisotopic (exact) mass is 121 g/mol. The smallest absolute Gasteiger partial charge is 0 e. The largest absolute Gasteiger partial charge is 0.353 e. The van der Waals surface area contributed by atoms with E-state index in [9.17, 15) is 0 Å². The molecule has 0 aromatic rings. The fourth-order valence-corrected chi connectivity index (χ4v) is 0. The van der Waals surface area contributed by atoms with Crippen LogP contribution in [-0.4, -0.2) is 18.8 Å². The summed E-state index contributed by atoms with van der Waals surface area (Å²) in [6, 6.07) is 0. The van der Waals surface area contributed by atoms with Crippen molar-refractivity contribution in [1.82, 2.24) is 0 Å². The summed E-state index contributed by atoms with van der Waals surface area (Å²) >= 11 is 0. The normalized spacial score (nSPS) is 4.50. The molecule has 0 unspecified atom stereocenters. The summed E-state index contributed by atoms with van der Waals surface area (Å²) in [5, 5.41) is 0. The van der Waals surface area contributed by atoms with E-state index in [0.717, 1.165) is 0 Å². The van der Waals surface area contributed by atoms with E-state index in [1.807, 2.05) is 0 Å². The average molecular weight is 121 g/mol. The van der Waals surface area contributed by atoms with E-state index in [2.05, 4.69) is 16.3 Å². The van der Waals surface area contributed by atoms with Gasteiger partial charge in [-0.2, -0.15) is 9.04 Å². The van der Waals surface area contributed by atoms with Gasteiger partial charge in [0.15, 0.2) is 0 Å². The molecule has 0 atom stereocenters. The summed E-state index contributed by atoms with van der Waals surface area (Å²) in [4.78, 5) is 0. The fourth-order valence-electron chi connectivity index (χ4n) is 0. The molecule has 0 saturated heterocycles. The van der Waals surface area contributed by atoms with Gasteiger partial charge in [0.2, 0.25) is 0 Å². The number of hydrogen-bond acceptors (Lipinski definition) is 0. The van der Waals surface area contributed by atoms with Gasteiger partial charge in [-0.3, -0.25) is 0 Å². The van der Waals surface area contributed by atoms with E-state index in [4.69, 9.17) is 0 Å². The van der Waals surface area contributed by atoms with Crippen molar-refractivity contribution < 1.29 is 18.6 Å². The summed E-state index contributed by atoms with van der Waals surface area (Å²) in [7, 11) is 3.74. The Morgan fingerprint density at radius 2 is 1.75 bits per heavy atom. The second kappa shape index (κ2) is 8.99. The molecule has 3 heteroatoms. The number of rotatable bonds is 0. The molecule has 0 aliphatic carbocycles. The maximum atomic E-state index is 3.43. The zero-order chi connectivity index (χ0) is 2.71. The maximum absolute atomic E-state index is 3.43. The molecule has 0 saturated carbocycles. The minimum absolute atomic E-state index is 0. The van der Waals surface area contributed by atoms with E-state index in [-0.39, 0.29) is 18.6 Å². The van der Waals surface area contributed by atoms with Crippen LogP contribution in [0.5, 0.6) is 0 Å². The van der Waals surface area contributed by atoms with Gasteiger partial charge in [-0.25, -0.2) is 0 Å². The third-order valence-electron chi connectivity index (χ3n) is 0. The third-order valence-corrected chi connectivity index (χ3v) is 0. The van der Waals surface area contributed by atoms with E-state index >= 15 is 0 Å². The molecule has 20 valence electrons. The molecule has 4 heavy (non-hydrogen) atoms. The van der Waals surface area contributed by atoms with Gasteiger partial charge in [0, 0.05) is 18.6 Å². The van der Waals surface area contributed by atoms with Crippen molar-refractivity contribution >= 4 is 18.8 Å². The Bertz CT molecular complexity index is 6.00. The topological polar surface area (TPSA) is 0 Å². The van der Waals surface area contributed by atoms with E-state index in [1.165, 1.54) is 0 Å². The van der Waals surface area contributed by atoms with Gasteiger partial charge < -0.3 is 6.55 Å². The maximum Gasteiger partial charge on any atom is 0 e. The molecule has 0 N–H and O–H groups in total. The summed E-state index contributed by atoms with van der Waals surface area (Å²) in [6.45, 7) is 3.43. The zero-order valence-electron chi connectivity index (χ0n) is 2.15. The molecule has 0 aliphatic heterocycles. The molecule has 0 fully saturated rings. The van der Waals surface area contributed by atoms with Crippen LogP contribution >= 0.6 is 0 Å². The second-order valence-electron chi connectivity index (χ2n) is 0.177. The summed E-state index contributed by atoms with van der Waals surface area (Å²) in [6.07, 6.45) is 0. The molecule has 0 nitrogen and oxygen atoms in total. The predicted octanol–water partition coefficient (Wildman–Crippen LogP) is -0.437. The Kier molecular flexibility index (Phi) is 20.0. The standard InChI is InChI=1S/CH2Si2.V/c1-3-2;/h1H2;/q-1;. The Morgan fingerprint density at radius 1 is 1.75 bits per heavy atom. The van der Waals surface area contributed by atoms with Crippen LogP contribution in [0, 0.1) is 6.55 Å². The van der Waals surface area contributed by atoms with Crippen LogP contribution in [-0.2, 0) is 18.6 Å². The summed E-state index contributed by atoms with van der Waals surface area (Å²) in [5.74, 6) is 0. The predicted molar refractivity (Wildman–Crippen MR) is 16.9 cm³/mol. The van der Waals surface area contributed by atoms with Crippen LogP contribution in [0.25, 0.3) is 0 Å². The van der Waals surface area contributed by atoms with E-state index in [0.29, 0.717) is 9.04 Å². The van der Waals surface area contributed by atoms with Crippen molar-refractivity contribution in [3.05, 3.63) is 6.55 Å². The molecule has 0 bridgehead atoms. The zero-order valence-corrected chi connectivity index (χ0v) is 5.55. The van der Waals surface area contributed by atoms with E-state index < -0.39 is 0 Å². The van der Waals surface area contributed by atoms with E-state index in [1.54, 1.807) is 0 Å². The molecule has 0 aromatic carbocycles. The van der Waals surface area contributed by atoms with Gasteiger partial charge in [0.05, 0.1) is 0 Å². The van der Waals surface area contributed by atoms with Crippen LogP contribution in [0.4, 0.5) is 0 Å². The first-order chi connectivity index (χ1) is 1.41. The fraction of sp³-hybridized carbons (Fsp3) is 0. The quantitative estimate of drug-likeness (QED) is 0.301. The Labute approximate surface area is 44.3 Å². The molecular formula is CH2Si2V-. The van der Waals surface area contributed by atoms with Gasteiger partial charge in [-0.15, -0.1) is 0 Å². The van der Waals surface area contributed by atoms with Crippen molar-refractivity contribution in [3.8, 4) is 0 Å². The van der Waals surface area contributed by atoms with Crippen LogP contribution in [0.2, 0.25) is 0 Å². The van der Waals surface area contributed by atoms with Crippen LogP contribution in [0.15, 0.2) is 0 Å². The van der Waals surface area contributed by atoms with Crippen molar-refractivity contribution in [1.29, 1.82) is 0 Å². The van der Waals surface area contributed by atoms with Crippen LogP contribution in [0.3, 0.4) is 0 Å². The van der Waals surface area contributed by atoms with Gasteiger partial charge in [0.25, 0.3) is 0 Å². The van der Waals surface area contributed by atoms with Crippen molar-refractivity contribution in [3.63, 3.8) is 0 Å². The van der Waals surface area contributed by atoms with Gasteiger partial charge >= 0.3 is 0 Å². The Morgan fingerprint density at radius 3 is 1.75 bits per heavy atom. The molecule has 0 heterocycles. The third kappa shape index (κ3) is 11.9.